The summed E-state index contributed by atoms with van der Waals surface area (Å²) < 4.78 is 0. The van der Waals surface area contributed by atoms with Crippen LogP contribution < -0.4 is 5.32 Å². The van der Waals surface area contributed by atoms with Gasteiger partial charge in [0.05, 0.1) is 0 Å². The van der Waals surface area contributed by atoms with Gasteiger partial charge in [-0.3, -0.25) is 9.80 Å². The lowest BCUT2D eigenvalue weighted by atomic mass is 10.2. The van der Waals surface area contributed by atoms with E-state index in [0.717, 1.165) is 26.2 Å². The third kappa shape index (κ3) is 7.67. The third-order valence-corrected chi connectivity index (χ3v) is 3.58. The van der Waals surface area contributed by atoms with Gasteiger partial charge in [-0.1, -0.05) is 13.5 Å². The lowest BCUT2D eigenvalue weighted by Crippen LogP contribution is -2.48. The Morgan fingerprint density at radius 2 is 1.79 bits per heavy atom. The van der Waals surface area contributed by atoms with Crippen LogP contribution in [0.2, 0.25) is 0 Å². The van der Waals surface area contributed by atoms with E-state index in [1.807, 2.05) is 0 Å². The van der Waals surface area contributed by atoms with Crippen LogP contribution in [0.25, 0.3) is 0 Å². The molecule has 0 aromatic carbocycles. The molecule has 0 aromatic rings. The average molecular weight is 268 g/mol. The summed E-state index contributed by atoms with van der Waals surface area (Å²) >= 11 is 0. The van der Waals surface area contributed by atoms with Crippen molar-refractivity contribution in [2.24, 2.45) is 0 Å². The molecule has 1 N–H and O–H groups in total. The van der Waals surface area contributed by atoms with Gasteiger partial charge in [0.1, 0.15) is 0 Å². The maximum atomic E-state index is 4.17. The van der Waals surface area contributed by atoms with E-state index in [9.17, 15) is 0 Å². The first kappa shape index (κ1) is 16.6. The van der Waals surface area contributed by atoms with Crippen LogP contribution in [-0.4, -0.2) is 87.7 Å². The standard InChI is InChI=1S/C15H32N4/c1-5-6-16-13-15(2)14-19-11-9-18(10-12-19)8-7-17(3)4/h16H,2,5-14H2,1,3-4H3. The molecule has 1 fully saturated rings. The van der Waals surface area contributed by atoms with Crippen LogP contribution in [-0.2, 0) is 0 Å². The predicted molar refractivity (Wildman–Crippen MR) is 83.7 cm³/mol. The summed E-state index contributed by atoms with van der Waals surface area (Å²) in [7, 11) is 4.28. The molecule has 0 atom stereocenters. The van der Waals surface area contributed by atoms with Gasteiger partial charge < -0.3 is 10.2 Å². The predicted octanol–water partition coefficient (Wildman–Crippen LogP) is 0.721. The molecule has 0 bridgehead atoms. The first-order chi connectivity index (χ1) is 9.11. The molecule has 0 radical (unpaired) electrons. The average Bonchev–Trinajstić information content (AvgIpc) is 2.38. The molecule has 1 aliphatic heterocycles. The van der Waals surface area contributed by atoms with E-state index in [1.165, 1.54) is 44.7 Å². The summed E-state index contributed by atoms with van der Waals surface area (Å²) in [6.45, 7) is 16.6. The Kier molecular flexibility index (Phi) is 8.30. The zero-order valence-electron chi connectivity index (χ0n) is 13.1. The third-order valence-electron chi connectivity index (χ3n) is 3.58. The Labute approximate surface area is 119 Å². The largest absolute Gasteiger partial charge is 0.313 e. The fourth-order valence-corrected chi connectivity index (χ4v) is 2.33. The molecule has 0 amide bonds. The van der Waals surface area contributed by atoms with E-state index in [4.69, 9.17) is 0 Å². The molecule has 112 valence electrons. The molecular weight excluding hydrogens is 236 g/mol. The molecule has 4 heteroatoms. The van der Waals surface area contributed by atoms with E-state index in [2.05, 4.69) is 47.6 Å². The molecule has 0 unspecified atom stereocenters. The maximum Gasteiger partial charge on any atom is 0.0203 e. The van der Waals surface area contributed by atoms with Crippen molar-refractivity contribution in [1.82, 2.24) is 20.0 Å². The molecule has 1 heterocycles. The molecule has 1 saturated heterocycles. The van der Waals surface area contributed by atoms with Crippen molar-refractivity contribution in [3.05, 3.63) is 12.2 Å². The minimum Gasteiger partial charge on any atom is -0.313 e. The summed E-state index contributed by atoms with van der Waals surface area (Å²) in [5, 5.41) is 3.42. The maximum absolute atomic E-state index is 4.17. The number of hydrogen-bond acceptors (Lipinski definition) is 4. The second-order valence-corrected chi connectivity index (χ2v) is 5.85. The van der Waals surface area contributed by atoms with E-state index < -0.39 is 0 Å². The Morgan fingerprint density at radius 1 is 1.16 bits per heavy atom. The van der Waals surface area contributed by atoms with Crippen LogP contribution in [0.3, 0.4) is 0 Å². The molecule has 0 saturated carbocycles. The van der Waals surface area contributed by atoms with Gasteiger partial charge in [0.25, 0.3) is 0 Å². The first-order valence-electron chi connectivity index (χ1n) is 7.58. The highest BCUT2D eigenvalue weighted by Gasteiger charge is 2.16. The van der Waals surface area contributed by atoms with Gasteiger partial charge in [-0.25, -0.2) is 0 Å². The van der Waals surface area contributed by atoms with Crippen LogP contribution in [0.5, 0.6) is 0 Å². The number of piperazine rings is 1. The Morgan fingerprint density at radius 3 is 2.37 bits per heavy atom. The fraction of sp³-hybridized carbons (Fsp3) is 0.867. The normalized spacial score (nSPS) is 18.1. The van der Waals surface area contributed by atoms with Gasteiger partial charge >= 0.3 is 0 Å². The SMILES string of the molecule is C=C(CNCCC)CN1CCN(CCN(C)C)CC1. The Bertz CT molecular complexity index is 245. The van der Waals surface area contributed by atoms with Crippen molar-refractivity contribution in [1.29, 1.82) is 0 Å². The number of nitrogens with zero attached hydrogens (tertiary/aromatic N) is 3. The zero-order chi connectivity index (χ0) is 14.1. The van der Waals surface area contributed by atoms with Gasteiger partial charge in [-0.05, 0) is 32.6 Å². The summed E-state index contributed by atoms with van der Waals surface area (Å²) in [6, 6.07) is 0. The Balaban J connectivity index is 2.10. The summed E-state index contributed by atoms with van der Waals surface area (Å²) in [5.41, 5.74) is 1.31. The second kappa shape index (κ2) is 9.48. The van der Waals surface area contributed by atoms with E-state index in [-0.39, 0.29) is 0 Å². The molecule has 0 aromatic heterocycles. The number of likely N-dealkylation sites (N-methyl/N-ethyl adjacent to an activating group) is 1. The molecule has 4 nitrogen and oxygen atoms in total. The van der Waals surface area contributed by atoms with Gasteiger partial charge in [-0.2, -0.15) is 0 Å². The van der Waals surface area contributed by atoms with Crippen molar-refractivity contribution in [2.45, 2.75) is 13.3 Å². The molecule has 1 aliphatic rings. The number of hydrogen-bond donors (Lipinski definition) is 1. The lowest BCUT2D eigenvalue weighted by Gasteiger charge is -2.35. The van der Waals surface area contributed by atoms with Crippen molar-refractivity contribution in [3.63, 3.8) is 0 Å². The van der Waals surface area contributed by atoms with Crippen molar-refractivity contribution in [3.8, 4) is 0 Å². The van der Waals surface area contributed by atoms with Gasteiger partial charge in [0, 0.05) is 52.4 Å². The summed E-state index contributed by atoms with van der Waals surface area (Å²) in [6.07, 6.45) is 1.19. The molecule has 0 aliphatic carbocycles. The van der Waals surface area contributed by atoms with Crippen LogP contribution in [0.1, 0.15) is 13.3 Å². The van der Waals surface area contributed by atoms with Gasteiger partial charge in [0.15, 0.2) is 0 Å². The molecule has 1 rings (SSSR count). The molecule has 19 heavy (non-hydrogen) atoms. The van der Waals surface area contributed by atoms with Crippen LogP contribution in [0.15, 0.2) is 12.2 Å². The van der Waals surface area contributed by atoms with Crippen molar-refractivity contribution in [2.75, 3.05) is 73.0 Å². The minimum atomic E-state index is 0.967. The van der Waals surface area contributed by atoms with E-state index in [1.54, 1.807) is 0 Å². The van der Waals surface area contributed by atoms with E-state index >= 15 is 0 Å². The highest BCUT2D eigenvalue weighted by atomic mass is 15.3. The fourth-order valence-electron chi connectivity index (χ4n) is 2.33. The summed E-state index contributed by atoms with van der Waals surface area (Å²) in [4.78, 5) is 7.35. The number of nitrogens with one attached hydrogen (secondary N) is 1. The summed E-state index contributed by atoms with van der Waals surface area (Å²) in [5.74, 6) is 0. The van der Waals surface area contributed by atoms with E-state index in [0.29, 0.717) is 0 Å². The minimum absolute atomic E-state index is 0.967. The monoisotopic (exact) mass is 268 g/mol. The van der Waals surface area contributed by atoms with Gasteiger partial charge in [0.2, 0.25) is 0 Å². The van der Waals surface area contributed by atoms with Crippen LogP contribution >= 0.6 is 0 Å². The highest BCUT2D eigenvalue weighted by Crippen LogP contribution is 2.04. The smallest absolute Gasteiger partial charge is 0.0203 e. The van der Waals surface area contributed by atoms with Crippen LogP contribution in [0, 0.1) is 0 Å². The van der Waals surface area contributed by atoms with Crippen molar-refractivity contribution >= 4 is 0 Å². The van der Waals surface area contributed by atoms with Gasteiger partial charge in [-0.15, -0.1) is 0 Å². The Hall–Kier alpha value is -0.420. The first-order valence-corrected chi connectivity index (χ1v) is 7.58. The molecule has 0 spiro atoms. The lowest BCUT2D eigenvalue weighted by molar-refractivity contribution is 0.132. The zero-order valence-corrected chi connectivity index (χ0v) is 13.1. The molecular formula is C15H32N4. The van der Waals surface area contributed by atoms with Crippen LogP contribution in [0.4, 0.5) is 0 Å². The quantitative estimate of drug-likeness (QED) is 0.491. The highest BCUT2D eigenvalue weighted by molar-refractivity contribution is 5.00. The topological polar surface area (TPSA) is 21.8 Å². The number of rotatable bonds is 9. The van der Waals surface area contributed by atoms with Crippen molar-refractivity contribution < 1.29 is 0 Å². The second-order valence-electron chi connectivity index (χ2n) is 5.85.